The van der Waals surface area contributed by atoms with Crippen LogP contribution in [0.1, 0.15) is 43.6 Å². The summed E-state index contributed by atoms with van der Waals surface area (Å²) in [6.45, 7) is 5.35. The molecule has 4 rings (SSSR count). The summed E-state index contributed by atoms with van der Waals surface area (Å²) in [4.78, 5) is 22.7. The number of rotatable bonds is 6. The van der Waals surface area contributed by atoms with Crippen LogP contribution in [-0.2, 0) is 11.3 Å². The summed E-state index contributed by atoms with van der Waals surface area (Å²) in [5.41, 5.74) is 1.84. The van der Waals surface area contributed by atoms with Gasteiger partial charge in [0.1, 0.15) is 6.54 Å². The van der Waals surface area contributed by atoms with E-state index in [0.29, 0.717) is 17.9 Å². The van der Waals surface area contributed by atoms with Crippen LogP contribution in [0.3, 0.4) is 0 Å². The third kappa shape index (κ3) is 3.02. The van der Waals surface area contributed by atoms with Crippen LogP contribution in [-0.4, -0.2) is 33.3 Å². The maximum Gasteiger partial charge on any atom is 0.356 e. The molecule has 1 heterocycles. The number of aromatic carboxylic acids is 1. The van der Waals surface area contributed by atoms with E-state index in [1.165, 1.54) is 28.9 Å². The molecule has 0 spiro atoms. The summed E-state index contributed by atoms with van der Waals surface area (Å²) in [6, 6.07) is 1.39. The molecule has 6 nitrogen and oxygen atoms in total. The van der Waals surface area contributed by atoms with Gasteiger partial charge in [-0.15, -0.1) is 0 Å². The highest BCUT2D eigenvalue weighted by atomic mass is 16.4. The summed E-state index contributed by atoms with van der Waals surface area (Å²) in [6.07, 6.45) is 7.20. The number of allylic oxidation sites excluding steroid dienone is 1. The molecule has 0 aromatic carbocycles. The van der Waals surface area contributed by atoms with Crippen molar-refractivity contribution in [1.82, 2.24) is 15.1 Å². The summed E-state index contributed by atoms with van der Waals surface area (Å²) in [7, 11) is 0. The number of carbonyl (C=O) groups is 2. The molecule has 2 bridgehead atoms. The quantitative estimate of drug-likeness (QED) is 0.787. The monoisotopic (exact) mass is 317 g/mol. The molecule has 1 saturated carbocycles. The summed E-state index contributed by atoms with van der Waals surface area (Å²) >= 11 is 0. The molecule has 0 aliphatic heterocycles. The van der Waals surface area contributed by atoms with E-state index in [2.05, 4.69) is 30.3 Å². The van der Waals surface area contributed by atoms with E-state index < -0.39 is 5.97 Å². The van der Waals surface area contributed by atoms with Crippen LogP contribution < -0.4 is 5.32 Å². The first-order valence-corrected chi connectivity index (χ1v) is 8.10. The van der Waals surface area contributed by atoms with E-state index in [0.717, 1.165) is 18.8 Å². The van der Waals surface area contributed by atoms with Gasteiger partial charge in [-0.3, -0.25) is 9.48 Å². The Kier molecular flexibility index (Phi) is 4.00. The van der Waals surface area contributed by atoms with Crippen molar-refractivity contribution in [1.29, 1.82) is 0 Å². The number of fused-ring (bicyclic) bond motifs is 1. The molecule has 3 aliphatic carbocycles. The number of aromatic nitrogens is 2. The number of carboxylic acids is 1. The Bertz CT molecular complexity index is 660. The van der Waals surface area contributed by atoms with E-state index in [1.807, 2.05) is 0 Å². The molecule has 0 unspecified atom stereocenters. The number of carbonyl (C=O) groups excluding carboxylic acids is 1. The average molecular weight is 317 g/mol. The smallest absolute Gasteiger partial charge is 0.356 e. The molecule has 124 valence electrons. The van der Waals surface area contributed by atoms with Crippen LogP contribution >= 0.6 is 0 Å². The summed E-state index contributed by atoms with van der Waals surface area (Å²) < 4.78 is 1.35. The first-order valence-electron chi connectivity index (χ1n) is 8.10. The topological polar surface area (TPSA) is 84.2 Å². The Hall–Kier alpha value is -2.11. The van der Waals surface area contributed by atoms with Crippen LogP contribution in [0.25, 0.3) is 0 Å². The second kappa shape index (κ2) is 5.83. The van der Waals surface area contributed by atoms with E-state index in [4.69, 9.17) is 5.11 Å². The Labute approximate surface area is 135 Å². The van der Waals surface area contributed by atoms with Gasteiger partial charge in [-0.2, -0.15) is 5.10 Å². The van der Waals surface area contributed by atoms with Crippen LogP contribution in [0.5, 0.6) is 0 Å². The maximum absolute atomic E-state index is 11.9. The van der Waals surface area contributed by atoms with Crippen molar-refractivity contribution in [3.05, 3.63) is 29.6 Å². The minimum absolute atomic E-state index is 0.0450. The first kappa shape index (κ1) is 15.8. The second-order valence-electron chi connectivity index (χ2n) is 7.12. The highest BCUT2D eigenvalue weighted by Gasteiger charge is 2.50. The molecule has 1 fully saturated rings. The van der Waals surface area contributed by atoms with Gasteiger partial charge in [-0.05, 0) is 42.6 Å². The maximum atomic E-state index is 11.9. The van der Waals surface area contributed by atoms with Gasteiger partial charge in [-0.1, -0.05) is 25.5 Å². The van der Waals surface area contributed by atoms with Crippen LogP contribution in [0.4, 0.5) is 0 Å². The predicted molar refractivity (Wildman–Crippen MR) is 84.9 cm³/mol. The summed E-state index contributed by atoms with van der Waals surface area (Å²) in [5, 5.41) is 15.5. The number of hydrogen-bond acceptors (Lipinski definition) is 3. The number of carboxylic acid groups (broad SMARTS) is 1. The lowest BCUT2D eigenvalue weighted by Crippen LogP contribution is -2.48. The van der Waals surface area contributed by atoms with Crippen molar-refractivity contribution in [2.75, 3.05) is 6.54 Å². The zero-order valence-corrected chi connectivity index (χ0v) is 13.6. The van der Waals surface area contributed by atoms with E-state index in [9.17, 15) is 9.59 Å². The largest absolute Gasteiger partial charge is 0.476 e. The zero-order chi connectivity index (χ0) is 16.6. The number of amides is 1. The van der Waals surface area contributed by atoms with Gasteiger partial charge < -0.3 is 10.4 Å². The summed E-state index contributed by atoms with van der Waals surface area (Å²) in [5.74, 6) is 0.262. The minimum atomic E-state index is -1.09. The van der Waals surface area contributed by atoms with Gasteiger partial charge in [0.05, 0.1) is 0 Å². The third-order valence-electron chi connectivity index (χ3n) is 5.48. The van der Waals surface area contributed by atoms with Gasteiger partial charge >= 0.3 is 5.97 Å². The molecule has 23 heavy (non-hydrogen) atoms. The van der Waals surface area contributed by atoms with Crippen molar-refractivity contribution in [3.63, 3.8) is 0 Å². The Balaban J connectivity index is 1.44. The number of nitrogens with one attached hydrogen (secondary N) is 1. The van der Waals surface area contributed by atoms with Crippen molar-refractivity contribution in [3.8, 4) is 0 Å². The predicted octanol–water partition coefficient (Wildman–Crippen LogP) is 2.08. The van der Waals surface area contributed by atoms with Crippen LogP contribution in [0.2, 0.25) is 0 Å². The molecular formula is C17H23N3O3. The fraction of sp³-hybridized carbons (Fsp3) is 0.588. The Morgan fingerprint density at radius 2 is 2.26 bits per heavy atom. The van der Waals surface area contributed by atoms with Crippen molar-refractivity contribution >= 4 is 11.9 Å². The molecule has 1 amide bonds. The fourth-order valence-electron chi connectivity index (χ4n) is 3.87. The second-order valence-corrected chi connectivity index (χ2v) is 7.12. The van der Waals surface area contributed by atoms with Crippen molar-refractivity contribution < 1.29 is 14.7 Å². The van der Waals surface area contributed by atoms with E-state index in [1.54, 1.807) is 0 Å². The fourth-order valence-corrected chi connectivity index (χ4v) is 3.87. The normalized spacial score (nSPS) is 24.5. The van der Waals surface area contributed by atoms with Gasteiger partial charge in [0.2, 0.25) is 5.91 Å². The van der Waals surface area contributed by atoms with Gasteiger partial charge in [-0.25, -0.2) is 4.79 Å². The van der Waals surface area contributed by atoms with Crippen LogP contribution in [0, 0.1) is 17.3 Å². The van der Waals surface area contributed by atoms with E-state index in [-0.39, 0.29) is 18.1 Å². The molecular weight excluding hydrogens is 294 g/mol. The molecule has 1 aromatic heterocycles. The Morgan fingerprint density at radius 1 is 1.48 bits per heavy atom. The minimum Gasteiger partial charge on any atom is -0.476 e. The third-order valence-corrected chi connectivity index (χ3v) is 5.48. The molecule has 2 N–H and O–H groups in total. The highest BCUT2D eigenvalue weighted by molar-refractivity contribution is 5.85. The van der Waals surface area contributed by atoms with Crippen molar-refractivity contribution in [2.24, 2.45) is 17.3 Å². The van der Waals surface area contributed by atoms with Gasteiger partial charge in [0.15, 0.2) is 5.69 Å². The van der Waals surface area contributed by atoms with Gasteiger partial charge in [0.25, 0.3) is 0 Å². The number of hydrogen-bond donors (Lipinski definition) is 2. The Morgan fingerprint density at radius 3 is 2.87 bits per heavy atom. The lowest BCUT2D eigenvalue weighted by atomic mass is 9.48. The number of nitrogens with zero attached hydrogens (tertiary/aromatic N) is 2. The molecule has 2 atom stereocenters. The lowest BCUT2D eigenvalue weighted by molar-refractivity contribution is -0.121. The molecule has 0 radical (unpaired) electrons. The highest BCUT2D eigenvalue weighted by Crippen LogP contribution is 2.59. The van der Waals surface area contributed by atoms with Gasteiger partial charge in [0, 0.05) is 12.7 Å². The average Bonchev–Trinajstić information content (AvgIpc) is 2.96. The zero-order valence-electron chi connectivity index (χ0n) is 13.6. The lowest BCUT2D eigenvalue weighted by Gasteiger charge is -2.56. The van der Waals surface area contributed by atoms with E-state index >= 15 is 0 Å². The molecule has 6 heteroatoms. The SMILES string of the molecule is CC1(C)[C@H]2CC=C(CCNC(=O)Cn3ccc(C(=O)O)n3)[C@@H]1C2. The molecule has 0 saturated heterocycles. The molecule has 3 aliphatic rings. The first-order chi connectivity index (χ1) is 10.9. The standard InChI is InChI=1S/C17H23N3O3/c1-17(2)12-4-3-11(13(17)9-12)5-7-18-15(21)10-20-8-6-14(19-20)16(22)23/h3,6,8,12-13H,4-5,7,9-10H2,1-2H3,(H,18,21)(H,22,23)/t12-,13-/m0/s1. The molecule has 1 aromatic rings. The van der Waals surface area contributed by atoms with Crippen molar-refractivity contribution in [2.45, 2.75) is 39.7 Å². The van der Waals surface area contributed by atoms with Crippen LogP contribution in [0.15, 0.2) is 23.9 Å².